The Morgan fingerprint density at radius 2 is 2.09 bits per heavy atom. The minimum Gasteiger partial charge on any atom is -0.299 e. The van der Waals surface area contributed by atoms with Crippen molar-refractivity contribution in [1.29, 1.82) is 0 Å². The molecule has 0 rings (SSSR count). The molecule has 0 aliphatic rings. The molecule has 3 heteroatoms. The van der Waals surface area contributed by atoms with E-state index in [0.717, 1.165) is 6.42 Å². The Morgan fingerprint density at radius 1 is 1.45 bits per heavy atom. The van der Waals surface area contributed by atoms with Crippen molar-refractivity contribution in [2.45, 2.75) is 26.2 Å². The van der Waals surface area contributed by atoms with E-state index in [1.54, 1.807) is 4.08 Å². The van der Waals surface area contributed by atoms with Crippen molar-refractivity contribution in [2.75, 3.05) is 0 Å². The molecule has 0 aliphatic heterocycles. The van der Waals surface area contributed by atoms with Crippen molar-refractivity contribution in [2.24, 2.45) is 0 Å². The molecular formula is C8H11IO2. The lowest BCUT2D eigenvalue weighted by molar-refractivity contribution is -0.124. The van der Waals surface area contributed by atoms with Gasteiger partial charge in [0.1, 0.15) is 5.78 Å². The van der Waals surface area contributed by atoms with Gasteiger partial charge in [0, 0.05) is 6.42 Å². The highest BCUT2D eigenvalue weighted by atomic mass is 127. The number of ketones is 2. The molecule has 0 spiro atoms. The smallest absolute Gasteiger partial charge is 0.163 e. The molecule has 62 valence electrons. The summed E-state index contributed by atoms with van der Waals surface area (Å²) in [6.45, 7) is 1.93. The van der Waals surface area contributed by atoms with Crippen LogP contribution in [0.2, 0.25) is 0 Å². The van der Waals surface area contributed by atoms with Crippen LogP contribution in [0.4, 0.5) is 0 Å². The summed E-state index contributed by atoms with van der Waals surface area (Å²) >= 11 is 1.96. The van der Waals surface area contributed by atoms with Gasteiger partial charge in [-0.2, -0.15) is 0 Å². The van der Waals surface area contributed by atoms with Gasteiger partial charge in [0.25, 0.3) is 0 Å². The molecule has 0 fully saturated rings. The molecule has 0 N–H and O–H groups in total. The molecule has 0 heterocycles. The average molecular weight is 266 g/mol. The van der Waals surface area contributed by atoms with Gasteiger partial charge < -0.3 is 0 Å². The lowest BCUT2D eigenvalue weighted by atomic mass is 10.1. The second-order valence-electron chi connectivity index (χ2n) is 2.22. The van der Waals surface area contributed by atoms with Crippen LogP contribution < -0.4 is 0 Å². The zero-order chi connectivity index (χ0) is 8.69. The highest BCUT2D eigenvalue weighted by Gasteiger charge is 2.04. The van der Waals surface area contributed by atoms with Crippen molar-refractivity contribution in [3.63, 3.8) is 0 Å². The third kappa shape index (κ3) is 6.22. The molecule has 0 saturated heterocycles. The number of carbonyl (C=O) groups excluding carboxylic acids is 2. The molecule has 0 bridgehead atoms. The van der Waals surface area contributed by atoms with Crippen molar-refractivity contribution < 1.29 is 9.59 Å². The quantitative estimate of drug-likeness (QED) is 0.434. The normalized spacial score (nSPS) is 10.4. The maximum Gasteiger partial charge on any atom is 0.163 e. The third-order valence-corrected chi connectivity index (χ3v) is 1.51. The summed E-state index contributed by atoms with van der Waals surface area (Å²) in [5.41, 5.74) is 0. The van der Waals surface area contributed by atoms with Crippen LogP contribution >= 0.6 is 22.6 Å². The summed E-state index contributed by atoms with van der Waals surface area (Å²) in [5, 5.41) is 0. The van der Waals surface area contributed by atoms with Gasteiger partial charge in [-0.15, -0.1) is 0 Å². The van der Waals surface area contributed by atoms with Crippen molar-refractivity contribution >= 4 is 34.2 Å². The Hall–Kier alpha value is -0.190. The Morgan fingerprint density at radius 3 is 2.55 bits per heavy atom. The number of hydrogen-bond donors (Lipinski definition) is 0. The molecule has 0 aliphatic carbocycles. The van der Waals surface area contributed by atoms with E-state index in [-0.39, 0.29) is 18.0 Å². The molecule has 0 unspecified atom stereocenters. The Kier molecular flexibility index (Phi) is 6.40. The summed E-state index contributed by atoms with van der Waals surface area (Å²) < 4.78 is 1.62. The first-order valence-electron chi connectivity index (χ1n) is 3.52. The molecule has 0 aromatic rings. The maximum atomic E-state index is 10.9. The van der Waals surface area contributed by atoms with Gasteiger partial charge in [-0.1, -0.05) is 29.5 Å². The fourth-order valence-corrected chi connectivity index (χ4v) is 1.09. The van der Waals surface area contributed by atoms with Crippen LogP contribution in [0, 0.1) is 0 Å². The summed E-state index contributed by atoms with van der Waals surface area (Å²) in [7, 11) is 0. The van der Waals surface area contributed by atoms with Crippen LogP contribution in [0.1, 0.15) is 26.2 Å². The molecule has 0 saturated carbocycles. The van der Waals surface area contributed by atoms with Crippen molar-refractivity contribution in [3.05, 3.63) is 10.2 Å². The van der Waals surface area contributed by atoms with Crippen LogP contribution in [-0.2, 0) is 9.59 Å². The number of rotatable bonds is 5. The van der Waals surface area contributed by atoms with Crippen molar-refractivity contribution in [1.82, 2.24) is 0 Å². The maximum absolute atomic E-state index is 10.9. The van der Waals surface area contributed by atoms with E-state index < -0.39 is 0 Å². The second kappa shape index (κ2) is 6.52. The van der Waals surface area contributed by atoms with Gasteiger partial charge in [0.2, 0.25) is 0 Å². The molecule has 2 nitrogen and oxygen atoms in total. The number of hydrogen-bond acceptors (Lipinski definition) is 2. The summed E-state index contributed by atoms with van der Waals surface area (Å²) in [5.74, 6) is -0.0650. The zero-order valence-electron chi connectivity index (χ0n) is 6.47. The lowest BCUT2D eigenvalue weighted by Gasteiger charge is -1.92. The van der Waals surface area contributed by atoms with Crippen LogP contribution in [0.5, 0.6) is 0 Å². The largest absolute Gasteiger partial charge is 0.299 e. The fraction of sp³-hybridized carbons (Fsp3) is 0.500. The third-order valence-electron chi connectivity index (χ3n) is 1.15. The van der Waals surface area contributed by atoms with Crippen LogP contribution in [0.3, 0.4) is 0 Å². The van der Waals surface area contributed by atoms with Crippen LogP contribution in [0.25, 0.3) is 0 Å². The van der Waals surface area contributed by atoms with Crippen molar-refractivity contribution in [3.8, 4) is 0 Å². The summed E-state index contributed by atoms with van der Waals surface area (Å²) in [6, 6.07) is 0. The van der Waals surface area contributed by atoms with Gasteiger partial charge >= 0.3 is 0 Å². The average Bonchev–Trinajstić information content (AvgIpc) is 1.87. The van der Waals surface area contributed by atoms with Gasteiger partial charge in [-0.05, 0) is 16.6 Å². The van der Waals surface area contributed by atoms with E-state index in [0.29, 0.717) is 6.42 Å². The number of allylic oxidation sites excluding steroid dienone is 1. The van der Waals surface area contributed by atoms with Crippen LogP contribution in [-0.4, -0.2) is 11.6 Å². The minimum atomic E-state index is -0.0992. The molecule has 0 radical (unpaired) electrons. The minimum absolute atomic E-state index is 0.0343. The Labute approximate surface area is 80.2 Å². The van der Waals surface area contributed by atoms with E-state index in [1.165, 1.54) is 6.08 Å². The molecule has 0 aromatic heterocycles. The van der Waals surface area contributed by atoms with Crippen LogP contribution in [0.15, 0.2) is 10.2 Å². The van der Waals surface area contributed by atoms with Gasteiger partial charge in [0.15, 0.2) is 5.78 Å². The first kappa shape index (κ1) is 10.8. The highest BCUT2D eigenvalue weighted by molar-refractivity contribution is 14.1. The number of carbonyl (C=O) groups is 2. The summed E-state index contributed by atoms with van der Waals surface area (Å²) in [6.07, 6.45) is 2.82. The highest BCUT2D eigenvalue weighted by Crippen LogP contribution is 1.97. The SMILES string of the molecule is CCCC(=O)CC(=O)/C=C/I. The predicted octanol–water partition coefficient (Wildman–Crippen LogP) is 2.26. The van der Waals surface area contributed by atoms with E-state index in [4.69, 9.17) is 0 Å². The molecule has 0 aromatic carbocycles. The number of Topliss-reactive ketones (excluding diaryl/α,β-unsaturated/α-hetero) is 1. The first-order valence-corrected chi connectivity index (χ1v) is 4.76. The Bertz CT molecular complexity index is 173. The van der Waals surface area contributed by atoms with E-state index in [9.17, 15) is 9.59 Å². The Balaban J connectivity index is 3.66. The second-order valence-corrected chi connectivity index (χ2v) is 2.94. The standard InChI is InChI=1S/C8H11IO2/c1-2-3-7(10)6-8(11)4-5-9/h4-5H,2-3,6H2,1H3/b5-4+. The predicted molar refractivity (Wildman–Crippen MR) is 52.7 cm³/mol. The van der Waals surface area contributed by atoms with Gasteiger partial charge in [0.05, 0.1) is 6.42 Å². The van der Waals surface area contributed by atoms with E-state index in [2.05, 4.69) is 0 Å². The molecule has 0 atom stereocenters. The monoisotopic (exact) mass is 266 g/mol. The van der Waals surface area contributed by atoms with Gasteiger partial charge in [-0.3, -0.25) is 9.59 Å². The van der Waals surface area contributed by atoms with E-state index >= 15 is 0 Å². The number of halogens is 1. The summed E-state index contributed by atoms with van der Waals surface area (Å²) in [4.78, 5) is 21.7. The molecule has 0 amide bonds. The molecular weight excluding hydrogens is 255 g/mol. The fourth-order valence-electron chi connectivity index (χ4n) is 0.691. The zero-order valence-corrected chi connectivity index (χ0v) is 8.63. The lowest BCUT2D eigenvalue weighted by Crippen LogP contribution is -2.04. The topological polar surface area (TPSA) is 34.1 Å². The van der Waals surface area contributed by atoms with E-state index in [1.807, 2.05) is 29.5 Å². The van der Waals surface area contributed by atoms with Gasteiger partial charge in [-0.25, -0.2) is 0 Å². The first-order chi connectivity index (χ1) is 5.20. The molecule has 11 heavy (non-hydrogen) atoms.